The van der Waals surface area contributed by atoms with Crippen molar-refractivity contribution in [2.24, 2.45) is 5.92 Å². The summed E-state index contributed by atoms with van der Waals surface area (Å²) in [4.78, 5) is 12.1. The Bertz CT molecular complexity index is 331. The van der Waals surface area contributed by atoms with Crippen LogP contribution in [0.1, 0.15) is 143 Å². The van der Waals surface area contributed by atoms with E-state index in [-0.39, 0.29) is 12.1 Å². The minimum Gasteiger partial charge on any atom is -0.465 e. The van der Waals surface area contributed by atoms with Gasteiger partial charge in [0, 0.05) is 6.42 Å². The highest BCUT2D eigenvalue weighted by atomic mass is 16.5. The van der Waals surface area contributed by atoms with Gasteiger partial charge in [0.25, 0.3) is 0 Å². The first-order valence-corrected chi connectivity index (χ1v) is 13.0. The summed E-state index contributed by atoms with van der Waals surface area (Å²) >= 11 is 0. The van der Waals surface area contributed by atoms with Gasteiger partial charge >= 0.3 is 5.97 Å². The molecule has 0 aliphatic heterocycles. The number of aliphatic hydroxyl groups is 1. The van der Waals surface area contributed by atoms with E-state index in [0.29, 0.717) is 18.9 Å². The average Bonchev–Trinajstić information content (AvgIpc) is 2.72. The summed E-state index contributed by atoms with van der Waals surface area (Å²) in [5.74, 6) is 0.493. The summed E-state index contributed by atoms with van der Waals surface area (Å²) in [6, 6.07) is 0. The molecule has 0 aromatic heterocycles. The quantitative estimate of drug-likeness (QED) is 0.145. The number of hydrogen-bond acceptors (Lipinski definition) is 3. The van der Waals surface area contributed by atoms with Crippen LogP contribution < -0.4 is 0 Å². The third-order valence-corrected chi connectivity index (χ3v) is 5.97. The lowest BCUT2D eigenvalue weighted by atomic mass is 9.95. The molecular formula is C26H52O3. The summed E-state index contributed by atoms with van der Waals surface area (Å²) in [5.41, 5.74) is 0. The molecule has 0 aromatic rings. The monoisotopic (exact) mass is 412 g/mol. The minimum absolute atomic E-state index is 0.0467. The SMILES string of the molecule is CCCCCCC(O)CCCCC(=O)OCC(CCCCCC)CCCCCC. The predicted octanol–water partition coefficient (Wildman–Crippen LogP) is 7.98. The topological polar surface area (TPSA) is 46.5 Å². The lowest BCUT2D eigenvalue weighted by Crippen LogP contribution is -2.15. The fourth-order valence-corrected chi connectivity index (χ4v) is 3.91. The van der Waals surface area contributed by atoms with E-state index in [1.54, 1.807) is 0 Å². The Morgan fingerprint density at radius 2 is 1.10 bits per heavy atom. The van der Waals surface area contributed by atoms with Crippen molar-refractivity contribution in [1.29, 1.82) is 0 Å². The van der Waals surface area contributed by atoms with Crippen LogP contribution in [0.25, 0.3) is 0 Å². The standard InChI is InChI=1S/C26H52O3/c1-4-7-10-13-18-24(19-14-11-8-5-2)23-29-26(28)22-17-16-21-25(27)20-15-12-9-6-3/h24-25,27H,4-23H2,1-3H3. The van der Waals surface area contributed by atoms with Gasteiger partial charge in [-0.1, -0.05) is 104 Å². The molecule has 0 fully saturated rings. The zero-order chi connectivity index (χ0) is 21.6. The van der Waals surface area contributed by atoms with Gasteiger partial charge < -0.3 is 9.84 Å². The number of carbonyl (C=O) groups is 1. The van der Waals surface area contributed by atoms with E-state index >= 15 is 0 Å². The molecule has 0 saturated carbocycles. The molecule has 3 heteroatoms. The molecule has 174 valence electrons. The van der Waals surface area contributed by atoms with Gasteiger partial charge in [-0.05, 0) is 38.0 Å². The number of carbonyl (C=O) groups excluding carboxylic acids is 1. The number of unbranched alkanes of at least 4 members (excludes halogenated alkanes) is 10. The summed E-state index contributed by atoms with van der Waals surface area (Å²) in [6.45, 7) is 7.30. The first-order chi connectivity index (χ1) is 14.1. The molecule has 3 nitrogen and oxygen atoms in total. The van der Waals surface area contributed by atoms with E-state index in [4.69, 9.17) is 4.74 Å². The number of esters is 1. The Hall–Kier alpha value is -0.570. The van der Waals surface area contributed by atoms with Crippen molar-refractivity contribution < 1.29 is 14.6 Å². The maximum atomic E-state index is 12.1. The average molecular weight is 413 g/mol. The summed E-state index contributed by atoms with van der Waals surface area (Å²) < 4.78 is 5.62. The van der Waals surface area contributed by atoms with Crippen LogP contribution >= 0.6 is 0 Å². The van der Waals surface area contributed by atoms with Crippen LogP contribution in [0.5, 0.6) is 0 Å². The summed E-state index contributed by atoms with van der Waals surface area (Å²) in [5, 5.41) is 10.0. The highest BCUT2D eigenvalue weighted by Gasteiger charge is 2.12. The van der Waals surface area contributed by atoms with E-state index in [0.717, 1.165) is 32.1 Å². The first-order valence-electron chi connectivity index (χ1n) is 13.0. The van der Waals surface area contributed by atoms with Crippen molar-refractivity contribution in [3.05, 3.63) is 0 Å². The Labute approximate surface area is 182 Å². The van der Waals surface area contributed by atoms with Crippen LogP contribution in [-0.4, -0.2) is 23.8 Å². The van der Waals surface area contributed by atoms with Gasteiger partial charge in [0.1, 0.15) is 0 Å². The molecule has 0 radical (unpaired) electrons. The van der Waals surface area contributed by atoms with E-state index in [9.17, 15) is 9.90 Å². The molecule has 1 unspecified atom stereocenters. The van der Waals surface area contributed by atoms with Gasteiger partial charge in [-0.15, -0.1) is 0 Å². The Kier molecular flexibility index (Phi) is 21.7. The third-order valence-electron chi connectivity index (χ3n) is 5.97. The highest BCUT2D eigenvalue weighted by Crippen LogP contribution is 2.19. The summed E-state index contributed by atoms with van der Waals surface area (Å²) in [7, 11) is 0. The van der Waals surface area contributed by atoms with Gasteiger partial charge in [-0.3, -0.25) is 4.79 Å². The van der Waals surface area contributed by atoms with E-state index in [1.807, 2.05) is 0 Å². The van der Waals surface area contributed by atoms with E-state index < -0.39 is 0 Å². The Morgan fingerprint density at radius 3 is 1.59 bits per heavy atom. The molecule has 0 saturated heterocycles. The van der Waals surface area contributed by atoms with Gasteiger partial charge in [-0.2, -0.15) is 0 Å². The van der Waals surface area contributed by atoms with Crippen molar-refractivity contribution in [2.75, 3.05) is 6.61 Å². The number of ether oxygens (including phenoxy) is 1. The van der Waals surface area contributed by atoms with Crippen LogP contribution in [0.3, 0.4) is 0 Å². The minimum atomic E-state index is -0.196. The molecule has 0 rings (SSSR count). The van der Waals surface area contributed by atoms with Crippen molar-refractivity contribution in [1.82, 2.24) is 0 Å². The van der Waals surface area contributed by atoms with Gasteiger partial charge in [0.05, 0.1) is 12.7 Å². The van der Waals surface area contributed by atoms with Gasteiger partial charge in [0.15, 0.2) is 0 Å². The number of rotatable bonds is 22. The zero-order valence-electron chi connectivity index (χ0n) is 20.1. The summed E-state index contributed by atoms with van der Waals surface area (Å²) in [6.07, 6.45) is 21.3. The van der Waals surface area contributed by atoms with E-state index in [1.165, 1.54) is 83.5 Å². The Morgan fingerprint density at radius 1 is 0.655 bits per heavy atom. The molecule has 29 heavy (non-hydrogen) atoms. The third kappa shape index (κ3) is 20.5. The lowest BCUT2D eigenvalue weighted by Gasteiger charge is -2.17. The molecule has 1 atom stereocenters. The molecule has 0 spiro atoms. The van der Waals surface area contributed by atoms with E-state index in [2.05, 4.69) is 20.8 Å². The van der Waals surface area contributed by atoms with Crippen LogP contribution in [-0.2, 0) is 9.53 Å². The van der Waals surface area contributed by atoms with Crippen LogP contribution in [0.15, 0.2) is 0 Å². The predicted molar refractivity (Wildman–Crippen MR) is 125 cm³/mol. The number of aliphatic hydroxyl groups excluding tert-OH is 1. The highest BCUT2D eigenvalue weighted by molar-refractivity contribution is 5.69. The molecule has 0 bridgehead atoms. The normalized spacial score (nSPS) is 12.4. The van der Waals surface area contributed by atoms with Crippen molar-refractivity contribution in [3.8, 4) is 0 Å². The van der Waals surface area contributed by atoms with Crippen LogP contribution in [0.4, 0.5) is 0 Å². The molecule has 0 heterocycles. The molecule has 0 aliphatic carbocycles. The molecule has 1 N–H and O–H groups in total. The Balaban J connectivity index is 3.88. The second kappa shape index (κ2) is 22.1. The maximum Gasteiger partial charge on any atom is 0.305 e. The zero-order valence-corrected chi connectivity index (χ0v) is 20.1. The molecule has 0 aromatic carbocycles. The maximum absolute atomic E-state index is 12.1. The van der Waals surface area contributed by atoms with Crippen molar-refractivity contribution >= 4 is 5.97 Å². The van der Waals surface area contributed by atoms with Gasteiger partial charge in [-0.25, -0.2) is 0 Å². The second-order valence-electron chi connectivity index (χ2n) is 9.00. The van der Waals surface area contributed by atoms with Gasteiger partial charge in [0.2, 0.25) is 0 Å². The largest absolute Gasteiger partial charge is 0.465 e. The molecule has 0 aliphatic rings. The van der Waals surface area contributed by atoms with Crippen molar-refractivity contribution in [2.45, 2.75) is 149 Å². The fourth-order valence-electron chi connectivity index (χ4n) is 3.91. The lowest BCUT2D eigenvalue weighted by molar-refractivity contribution is -0.145. The molecule has 0 amide bonds. The smallest absolute Gasteiger partial charge is 0.305 e. The van der Waals surface area contributed by atoms with Crippen LogP contribution in [0.2, 0.25) is 0 Å². The fraction of sp³-hybridized carbons (Fsp3) is 0.962. The van der Waals surface area contributed by atoms with Crippen molar-refractivity contribution in [3.63, 3.8) is 0 Å². The first kappa shape index (κ1) is 28.4. The number of hydrogen-bond donors (Lipinski definition) is 1. The van der Waals surface area contributed by atoms with Crippen LogP contribution in [0, 0.1) is 5.92 Å². The second-order valence-corrected chi connectivity index (χ2v) is 9.00. The molecular weight excluding hydrogens is 360 g/mol.